The van der Waals surface area contributed by atoms with E-state index in [0.717, 1.165) is 5.69 Å². The maximum Gasteiger partial charge on any atom is 0.101 e. The van der Waals surface area contributed by atoms with Gasteiger partial charge < -0.3 is 5.32 Å². The summed E-state index contributed by atoms with van der Waals surface area (Å²) >= 11 is 5.96. The lowest BCUT2D eigenvalue weighted by atomic mass is 10.1. The highest BCUT2D eigenvalue weighted by Crippen LogP contribution is 2.21. The van der Waals surface area contributed by atoms with Crippen LogP contribution in [0.25, 0.3) is 0 Å². The summed E-state index contributed by atoms with van der Waals surface area (Å²) in [5, 5.41) is 13.0. The summed E-state index contributed by atoms with van der Waals surface area (Å²) in [4.78, 5) is 0. The first-order valence-corrected chi connectivity index (χ1v) is 6.47. The Labute approximate surface area is 118 Å². The Balaban J connectivity index is 2.21. The molecule has 0 spiro atoms. The zero-order chi connectivity index (χ0) is 13.8. The van der Waals surface area contributed by atoms with E-state index in [1.807, 2.05) is 0 Å². The molecular weight excluding hydrogens is 256 g/mol. The summed E-state index contributed by atoms with van der Waals surface area (Å²) in [5.74, 6) is 0. The third-order valence-electron chi connectivity index (χ3n) is 3.08. The molecule has 1 N–H and O–H groups in total. The number of nitriles is 1. The molecule has 96 valence electrons. The normalized spacial score (nSPS) is 10.0. The average molecular weight is 271 g/mol. The van der Waals surface area contributed by atoms with E-state index in [4.69, 9.17) is 16.9 Å². The fourth-order valence-corrected chi connectivity index (χ4v) is 2.11. The molecule has 2 aromatic rings. The lowest BCUT2D eigenvalue weighted by Crippen LogP contribution is -2.03. The first-order chi connectivity index (χ1) is 9.10. The fraction of sp³-hybridized carbons (Fsp3) is 0.188. The Morgan fingerprint density at radius 2 is 1.95 bits per heavy atom. The predicted octanol–water partition coefficient (Wildman–Crippen LogP) is 4.44. The molecule has 2 rings (SSSR count). The quantitative estimate of drug-likeness (QED) is 0.895. The number of benzene rings is 2. The van der Waals surface area contributed by atoms with Gasteiger partial charge in [0.2, 0.25) is 0 Å². The molecule has 0 aliphatic carbocycles. The van der Waals surface area contributed by atoms with Crippen LogP contribution in [0.2, 0.25) is 5.02 Å². The van der Waals surface area contributed by atoms with E-state index in [2.05, 4.69) is 43.4 Å². The van der Waals surface area contributed by atoms with Gasteiger partial charge in [-0.05, 0) is 43.2 Å². The maximum atomic E-state index is 9.07. The van der Waals surface area contributed by atoms with Crippen LogP contribution in [-0.2, 0) is 6.54 Å². The number of halogens is 1. The first kappa shape index (κ1) is 13.5. The maximum absolute atomic E-state index is 9.07. The van der Waals surface area contributed by atoms with E-state index in [1.54, 1.807) is 18.2 Å². The molecule has 0 amide bonds. The monoisotopic (exact) mass is 270 g/mol. The molecule has 2 aromatic carbocycles. The van der Waals surface area contributed by atoms with Gasteiger partial charge in [-0.25, -0.2) is 0 Å². The van der Waals surface area contributed by atoms with Gasteiger partial charge in [-0.2, -0.15) is 5.26 Å². The number of rotatable bonds is 3. The van der Waals surface area contributed by atoms with Crippen LogP contribution in [0, 0.1) is 25.2 Å². The number of aryl methyl sites for hydroxylation is 2. The predicted molar refractivity (Wildman–Crippen MR) is 79.4 cm³/mol. The summed E-state index contributed by atoms with van der Waals surface area (Å²) < 4.78 is 0. The van der Waals surface area contributed by atoms with E-state index in [1.165, 1.54) is 16.7 Å². The molecule has 0 heterocycles. The molecule has 0 bridgehead atoms. The summed E-state index contributed by atoms with van der Waals surface area (Å²) in [5.41, 5.74) is 5.07. The standard InChI is InChI=1S/C16H15ClN2/c1-11-3-4-12(2)14(7-11)10-19-16-8-15(17)6-5-13(16)9-18/h3-8,19H,10H2,1-2H3. The Bertz CT molecular complexity index is 642. The van der Waals surface area contributed by atoms with Crippen molar-refractivity contribution in [3.05, 3.63) is 63.7 Å². The number of anilines is 1. The second kappa shape index (κ2) is 5.77. The molecule has 0 unspecified atom stereocenters. The second-order valence-corrected chi connectivity index (χ2v) is 5.02. The molecule has 0 aliphatic rings. The SMILES string of the molecule is Cc1ccc(C)c(CNc2cc(Cl)ccc2C#N)c1. The Kier molecular flexibility index (Phi) is 4.09. The number of hydrogen-bond donors (Lipinski definition) is 1. The lowest BCUT2D eigenvalue weighted by Gasteiger charge is -2.11. The first-order valence-electron chi connectivity index (χ1n) is 6.10. The minimum atomic E-state index is 0.606. The topological polar surface area (TPSA) is 35.8 Å². The molecule has 0 saturated heterocycles. The van der Waals surface area contributed by atoms with Gasteiger partial charge in [-0.15, -0.1) is 0 Å². The second-order valence-electron chi connectivity index (χ2n) is 4.59. The van der Waals surface area contributed by atoms with Gasteiger partial charge in [0.05, 0.1) is 11.3 Å². The van der Waals surface area contributed by atoms with Crippen LogP contribution in [0.15, 0.2) is 36.4 Å². The van der Waals surface area contributed by atoms with Crippen molar-refractivity contribution >= 4 is 17.3 Å². The highest BCUT2D eigenvalue weighted by atomic mass is 35.5. The molecule has 2 nitrogen and oxygen atoms in total. The molecule has 19 heavy (non-hydrogen) atoms. The molecule has 0 radical (unpaired) electrons. The van der Waals surface area contributed by atoms with Gasteiger partial charge in [-0.3, -0.25) is 0 Å². The Morgan fingerprint density at radius 3 is 2.68 bits per heavy atom. The van der Waals surface area contributed by atoms with Crippen molar-refractivity contribution in [2.45, 2.75) is 20.4 Å². The van der Waals surface area contributed by atoms with Crippen LogP contribution in [0.3, 0.4) is 0 Å². The van der Waals surface area contributed by atoms with Crippen LogP contribution in [0.1, 0.15) is 22.3 Å². The van der Waals surface area contributed by atoms with Gasteiger partial charge in [0.1, 0.15) is 6.07 Å². The number of nitrogens with zero attached hydrogens (tertiary/aromatic N) is 1. The van der Waals surface area contributed by atoms with Crippen LogP contribution < -0.4 is 5.32 Å². The average Bonchev–Trinajstić information content (AvgIpc) is 2.40. The Hall–Kier alpha value is -1.98. The lowest BCUT2D eigenvalue weighted by molar-refractivity contribution is 1.11. The zero-order valence-corrected chi connectivity index (χ0v) is 11.8. The van der Waals surface area contributed by atoms with E-state index < -0.39 is 0 Å². The third-order valence-corrected chi connectivity index (χ3v) is 3.31. The highest BCUT2D eigenvalue weighted by Gasteiger charge is 2.04. The molecule has 3 heteroatoms. The van der Waals surface area contributed by atoms with E-state index in [-0.39, 0.29) is 0 Å². The van der Waals surface area contributed by atoms with Crippen LogP contribution in [-0.4, -0.2) is 0 Å². The van der Waals surface area contributed by atoms with Gasteiger partial charge in [0.25, 0.3) is 0 Å². The summed E-state index contributed by atoms with van der Waals surface area (Å²) in [6.45, 7) is 4.84. The highest BCUT2D eigenvalue weighted by molar-refractivity contribution is 6.30. The fourth-order valence-electron chi connectivity index (χ4n) is 1.94. The van der Waals surface area contributed by atoms with Crippen molar-refractivity contribution in [1.29, 1.82) is 5.26 Å². The minimum Gasteiger partial charge on any atom is -0.380 e. The Morgan fingerprint density at radius 1 is 1.16 bits per heavy atom. The van der Waals surface area contributed by atoms with Gasteiger partial charge in [0, 0.05) is 11.6 Å². The van der Waals surface area contributed by atoms with Crippen molar-refractivity contribution in [2.75, 3.05) is 5.32 Å². The molecule has 0 aliphatic heterocycles. The van der Waals surface area contributed by atoms with Crippen LogP contribution in [0.4, 0.5) is 5.69 Å². The molecule has 0 aromatic heterocycles. The van der Waals surface area contributed by atoms with E-state index in [0.29, 0.717) is 17.1 Å². The summed E-state index contributed by atoms with van der Waals surface area (Å²) in [6.07, 6.45) is 0. The van der Waals surface area contributed by atoms with Crippen molar-refractivity contribution in [3.63, 3.8) is 0 Å². The van der Waals surface area contributed by atoms with Gasteiger partial charge >= 0.3 is 0 Å². The molecule has 0 atom stereocenters. The molecule has 0 saturated carbocycles. The summed E-state index contributed by atoms with van der Waals surface area (Å²) in [6, 6.07) is 13.8. The smallest absolute Gasteiger partial charge is 0.101 e. The van der Waals surface area contributed by atoms with Crippen LogP contribution >= 0.6 is 11.6 Å². The van der Waals surface area contributed by atoms with Crippen molar-refractivity contribution in [1.82, 2.24) is 0 Å². The largest absolute Gasteiger partial charge is 0.380 e. The zero-order valence-electron chi connectivity index (χ0n) is 11.0. The van der Waals surface area contributed by atoms with Crippen LogP contribution in [0.5, 0.6) is 0 Å². The van der Waals surface area contributed by atoms with E-state index in [9.17, 15) is 0 Å². The third kappa shape index (κ3) is 3.27. The number of hydrogen-bond acceptors (Lipinski definition) is 2. The molecule has 0 fully saturated rings. The van der Waals surface area contributed by atoms with Crippen molar-refractivity contribution < 1.29 is 0 Å². The number of nitrogens with one attached hydrogen (secondary N) is 1. The summed E-state index contributed by atoms with van der Waals surface area (Å²) in [7, 11) is 0. The van der Waals surface area contributed by atoms with Gasteiger partial charge in [0.15, 0.2) is 0 Å². The minimum absolute atomic E-state index is 0.606. The van der Waals surface area contributed by atoms with Crippen molar-refractivity contribution in [3.8, 4) is 6.07 Å². The van der Waals surface area contributed by atoms with Gasteiger partial charge in [-0.1, -0.05) is 35.4 Å². The molecular formula is C16H15ClN2. The van der Waals surface area contributed by atoms with E-state index >= 15 is 0 Å². The van der Waals surface area contributed by atoms with Crippen molar-refractivity contribution in [2.24, 2.45) is 0 Å².